The molecule has 0 aromatic rings. The number of unbranched alkanes of at least 4 members (excludes halogenated alkanes) is 1. The molecule has 5 nitrogen and oxygen atoms in total. The molecule has 5 heteroatoms. The Balaban J connectivity index is 4.07. The van der Waals surface area contributed by atoms with Crippen molar-refractivity contribution in [3.05, 3.63) is 70.9 Å². The summed E-state index contributed by atoms with van der Waals surface area (Å²) in [5.41, 5.74) is 0. The summed E-state index contributed by atoms with van der Waals surface area (Å²) in [4.78, 5) is 20.9. The van der Waals surface area contributed by atoms with Crippen LogP contribution in [0.25, 0.3) is 0 Å². The fourth-order valence-electron chi connectivity index (χ4n) is 2.27. The average molecular weight is 376 g/mol. The number of allylic oxidation sites excluding steroid dienone is 8. The first-order valence-electron chi connectivity index (χ1n) is 9.63. The van der Waals surface area contributed by atoms with E-state index in [0.717, 1.165) is 32.0 Å². The first-order valence-corrected chi connectivity index (χ1v) is 9.63. The third-order valence-corrected chi connectivity index (χ3v) is 3.81. The number of aldehydes is 1. The number of carbonyl (C=O) groups is 1. The van der Waals surface area contributed by atoms with E-state index in [9.17, 15) is 20.0 Å². The zero-order valence-electron chi connectivity index (χ0n) is 16.3. The number of nitrogens with zero attached hydrogens (tertiary/aromatic N) is 1. The molecule has 0 saturated heterocycles. The van der Waals surface area contributed by atoms with Crippen LogP contribution in [0.4, 0.5) is 0 Å². The Morgan fingerprint density at radius 2 is 1.33 bits per heavy atom. The van der Waals surface area contributed by atoms with Gasteiger partial charge in [-0.1, -0.05) is 67.7 Å². The number of rotatable bonds is 16. The zero-order chi connectivity index (χ0) is 20.2. The van der Waals surface area contributed by atoms with Gasteiger partial charge in [0.15, 0.2) is 0 Å². The van der Waals surface area contributed by atoms with Crippen LogP contribution in [0.3, 0.4) is 0 Å². The first-order chi connectivity index (χ1) is 13.1. The van der Waals surface area contributed by atoms with Crippen molar-refractivity contribution in [3.63, 3.8) is 0 Å². The quantitative estimate of drug-likeness (QED) is 0.134. The van der Waals surface area contributed by atoms with Gasteiger partial charge in [-0.05, 0) is 38.5 Å². The molecule has 0 aliphatic heterocycles. The lowest BCUT2D eigenvalue weighted by molar-refractivity contribution is -0.533. The highest BCUT2D eigenvalue weighted by molar-refractivity contribution is 5.49. The molecule has 0 saturated carbocycles. The van der Waals surface area contributed by atoms with Gasteiger partial charge in [0, 0.05) is 17.8 Å². The Labute approximate surface area is 163 Å². The fourth-order valence-corrected chi connectivity index (χ4v) is 2.27. The van der Waals surface area contributed by atoms with Crippen LogP contribution in [0.5, 0.6) is 0 Å². The van der Waals surface area contributed by atoms with E-state index in [1.54, 1.807) is 18.2 Å². The molecule has 0 fully saturated rings. The van der Waals surface area contributed by atoms with E-state index in [0.29, 0.717) is 12.8 Å². The van der Waals surface area contributed by atoms with Crippen LogP contribution in [-0.2, 0) is 4.79 Å². The van der Waals surface area contributed by atoms with Crippen molar-refractivity contribution in [2.75, 3.05) is 0 Å². The van der Waals surface area contributed by atoms with Crippen LogP contribution < -0.4 is 0 Å². The molecule has 0 amide bonds. The molecule has 0 rings (SSSR count). The number of nitro groups is 1. The van der Waals surface area contributed by atoms with E-state index in [4.69, 9.17) is 0 Å². The Morgan fingerprint density at radius 1 is 0.815 bits per heavy atom. The van der Waals surface area contributed by atoms with Crippen molar-refractivity contribution >= 4 is 6.29 Å². The average Bonchev–Trinajstić information content (AvgIpc) is 2.65. The standard InChI is InChI=1S/C22H33NO4/c1-2-3-4-5-6-7-8-9-10-11-12-16-19-22(25)21(23(26)27)18-15-13-14-17-20-24/h3-4,6-7,9-10,12-13,15-16,20-22,25H,2,5,8,11,14,17-19H2,1H3/b4-3-,7-6-,10-9-,15-13-,16-12-. The summed E-state index contributed by atoms with van der Waals surface area (Å²) in [5, 5.41) is 21.1. The Bertz CT molecular complexity index is 532. The minimum absolute atomic E-state index is 0.167. The van der Waals surface area contributed by atoms with Gasteiger partial charge >= 0.3 is 0 Å². The normalized spacial score (nSPS) is 14.9. The fraction of sp³-hybridized carbons (Fsp3) is 0.500. The first kappa shape index (κ1) is 24.7. The largest absolute Gasteiger partial charge is 0.386 e. The van der Waals surface area contributed by atoms with E-state index in [2.05, 4.69) is 37.3 Å². The number of aliphatic hydroxyl groups excluding tert-OH is 1. The molecular weight excluding hydrogens is 342 g/mol. The van der Waals surface area contributed by atoms with Crippen molar-refractivity contribution in [2.45, 2.75) is 70.4 Å². The van der Waals surface area contributed by atoms with E-state index in [1.165, 1.54) is 0 Å². The third-order valence-electron chi connectivity index (χ3n) is 3.81. The molecule has 1 N–H and O–H groups in total. The van der Waals surface area contributed by atoms with Crippen LogP contribution in [-0.4, -0.2) is 28.5 Å². The third kappa shape index (κ3) is 15.7. The van der Waals surface area contributed by atoms with Crippen LogP contribution in [0, 0.1) is 10.1 Å². The number of carbonyl (C=O) groups excluding carboxylic acids is 1. The number of hydrogen-bond donors (Lipinski definition) is 1. The van der Waals surface area contributed by atoms with Gasteiger partial charge in [-0.25, -0.2) is 0 Å². The lowest BCUT2D eigenvalue weighted by atomic mass is 10.0. The molecule has 2 atom stereocenters. The smallest absolute Gasteiger partial charge is 0.242 e. The van der Waals surface area contributed by atoms with Gasteiger partial charge in [-0.3, -0.25) is 10.1 Å². The van der Waals surface area contributed by atoms with Crippen molar-refractivity contribution in [1.82, 2.24) is 0 Å². The van der Waals surface area contributed by atoms with Crippen LogP contribution in [0.1, 0.15) is 58.3 Å². The summed E-state index contributed by atoms with van der Waals surface area (Å²) in [6.45, 7) is 2.11. The molecule has 150 valence electrons. The minimum Gasteiger partial charge on any atom is -0.386 e. The van der Waals surface area contributed by atoms with E-state index in [1.807, 2.05) is 12.2 Å². The maximum Gasteiger partial charge on any atom is 0.242 e. The summed E-state index contributed by atoms with van der Waals surface area (Å²) in [7, 11) is 0. The van der Waals surface area contributed by atoms with Gasteiger partial charge in [0.2, 0.25) is 6.04 Å². The molecule has 0 aromatic carbocycles. The molecule has 0 radical (unpaired) electrons. The van der Waals surface area contributed by atoms with Crippen molar-refractivity contribution in [1.29, 1.82) is 0 Å². The molecule has 0 bridgehead atoms. The molecule has 27 heavy (non-hydrogen) atoms. The molecule has 0 heterocycles. The predicted octanol–water partition coefficient (Wildman–Crippen LogP) is 5.11. The molecule has 0 aliphatic rings. The van der Waals surface area contributed by atoms with Gasteiger partial charge in [-0.15, -0.1) is 0 Å². The summed E-state index contributed by atoms with van der Waals surface area (Å²) in [6, 6.07) is -1.02. The monoisotopic (exact) mass is 375 g/mol. The second kappa shape index (κ2) is 18.5. The zero-order valence-corrected chi connectivity index (χ0v) is 16.3. The van der Waals surface area contributed by atoms with Crippen molar-refractivity contribution in [3.8, 4) is 0 Å². The second-order valence-corrected chi connectivity index (χ2v) is 6.11. The topological polar surface area (TPSA) is 80.4 Å². The van der Waals surface area contributed by atoms with Gasteiger partial charge in [-0.2, -0.15) is 0 Å². The van der Waals surface area contributed by atoms with Gasteiger partial charge in [0.1, 0.15) is 12.4 Å². The van der Waals surface area contributed by atoms with Gasteiger partial charge < -0.3 is 9.90 Å². The van der Waals surface area contributed by atoms with Crippen LogP contribution in [0.2, 0.25) is 0 Å². The van der Waals surface area contributed by atoms with Crippen LogP contribution >= 0.6 is 0 Å². The van der Waals surface area contributed by atoms with Gasteiger partial charge in [0.25, 0.3) is 0 Å². The Kier molecular flexibility index (Phi) is 17.0. The lowest BCUT2D eigenvalue weighted by Gasteiger charge is -2.12. The van der Waals surface area contributed by atoms with Crippen molar-refractivity contribution in [2.24, 2.45) is 0 Å². The van der Waals surface area contributed by atoms with E-state index >= 15 is 0 Å². The SMILES string of the molecule is CC/C=C\C/C=C\C/C=C\C/C=C\CC(O)C(C/C=C\CCC=O)[N+](=O)[O-]. The number of hydrogen-bond acceptors (Lipinski definition) is 4. The lowest BCUT2D eigenvalue weighted by Crippen LogP contribution is -2.32. The Morgan fingerprint density at radius 3 is 1.85 bits per heavy atom. The summed E-state index contributed by atoms with van der Waals surface area (Å²) in [5.74, 6) is 0. The van der Waals surface area contributed by atoms with E-state index in [-0.39, 0.29) is 12.8 Å². The van der Waals surface area contributed by atoms with Crippen molar-refractivity contribution < 1.29 is 14.8 Å². The summed E-state index contributed by atoms with van der Waals surface area (Å²) >= 11 is 0. The molecule has 2 unspecified atom stereocenters. The van der Waals surface area contributed by atoms with E-state index < -0.39 is 17.1 Å². The molecule has 0 aliphatic carbocycles. The molecular formula is C22H33NO4. The highest BCUT2D eigenvalue weighted by Crippen LogP contribution is 2.10. The summed E-state index contributed by atoms with van der Waals surface area (Å²) in [6.07, 6.45) is 24.6. The molecule has 0 aromatic heterocycles. The number of aliphatic hydroxyl groups is 1. The minimum atomic E-state index is -1.02. The van der Waals surface area contributed by atoms with Gasteiger partial charge in [0.05, 0.1) is 0 Å². The Hall–Kier alpha value is -2.27. The molecule has 0 spiro atoms. The highest BCUT2D eigenvalue weighted by atomic mass is 16.6. The predicted molar refractivity (Wildman–Crippen MR) is 111 cm³/mol. The summed E-state index contributed by atoms with van der Waals surface area (Å²) < 4.78 is 0. The highest BCUT2D eigenvalue weighted by Gasteiger charge is 2.27. The maximum atomic E-state index is 11.1. The maximum absolute atomic E-state index is 11.1. The second-order valence-electron chi connectivity index (χ2n) is 6.11. The van der Waals surface area contributed by atoms with Crippen LogP contribution in [0.15, 0.2) is 60.8 Å².